The molecule has 1 amide bonds. The van der Waals surface area contributed by atoms with E-state index in [1.165, 1.54) is 18.7 Å². The lowest BCUT2D eigenvalue weighted by molar-refractivity contribution is -0.115. The third kappa shape index (κ3) is 3.91. The number of furan rings is 1. The zero-order valence-corrected chi connectivity index (χ0v) is 13.7. The zero-order valence-electron chi connectivity index (χ0n) is 12.9. The fraction of sp³-hybridized carbons (Fsp3) is 0.0556. The highest BCUT2D eigenvalue weighted by atomic mass is 32.2. The maximum atomic E-state index is 11.9. The molecule has 5 nitrogen and oxygen atoms in total. The van der Waals surface area contributed by atoms with Crippen LogP contribution in [0.3, 0.4) is 0 Å². The molecule has 3 rings (SSSR count). The molecule has 0 spiro atoms. The van der Waals surface area contributed by atoms with Crippen molar-refractivity contribution in [1.82, 2.24) is 5.32 Å². The molecule has 6 heteroatoms. The molecule has 0 aliphatic carbocycles. The lowest BCUT2D eigenvalue weighted by Gasteiger charge is -1.98. The van der Waals surface area contributed by atoms with Gasteiger partial charge in [-0.3, -0.25) is 9.59 Å². The molecule has 1 aromatic carbocycles. The van der Waals surface area contributed by atoms with Gasteiger partial charge in [-0.05, 0) is 67.2 Å². The van der Waals surface area contributed by atoms with Crippen molar-refractivity contribution in [3.8, 4) is 0 Å². The summed E-state index contributed by atoms with van der Waals surface area (Å²) >= 11 is 1.26. The molecular weight excluding hydrogens is 324 g/mol. The first kappa shape index (κ1) is 16.0. The van der Waals surface area contributed by atoms with Gasteiger partial charge in [-0.15, -0.1) is 0 Å². The van der Waals surface area contributed by atoms with Crippen molar-refractivity contribution >= 4 is 40.4 Å². The molecule has 1 N–H and O–H groups in total. The summed E-state index contributed by atoms with van der Waals surface area (Å²) in [6.07, 6.45) is 6.83. The van der Waals surface area contributed by atoms with E-state index in [9.17, 15) is 9.59 Å². The van der Waals surface area contributed by atoms with Gasteiger partial charge < -0.3 is 9.73 Å². The minimum Gasteiger partial charge on any atom is -0.465 e. The lowest BCUT2D eigenvalue weighted by atomic mass is 10.1. The molecule has 1 aliphatic rings. The number of amidine groups is 1. The van der Waals surface area contributed by atoms with Crippen molar-refractivity contribution in [3.05, 3.63) is 71.0 Å². The number of carbonyl (C=O) groups is 2. The number of Topliss-reactive ketones (excluding diaryl/α,β-unsaturated/α-hetero) is 1. The molecule has 1 saturated heterocycles. The van der Waals surface area contributed by atoms with E-state index >= 15 is 0 Å². The molecular formula is C18H14N2O3S. The van der Waals surface area contributed by atoms with Crippen LogP contribution >= 0.6 is 11.8 Å². The predicted molar refractivity (Wildman–Crippen MR) is 95.1 cm³/mol. The van der Waals surface area contributed by atoms with Gasteiger partial charge in [0, 0.05) is 5.56 Å². The van der Waals surface area contributed by atoms with Crippen LogP contribution in [0.15, 0.2) is 69.1 Å². The van der Waals surface area contributed by atoms with Gasteiger partial charge >= 0.3 is 0 Å². The number of rotatable bonds is 4. The second-order valence-electron chi connectivity index (χ2n) is 4.98. The number of thioether (sulfide) groups is 1. The first-order chi connectivity index (χ1) is 11.6. The number of allylic oxidation sites excluding steroid dienone is 2. The van der Waals surface area contributed by atoms with E-state index in [1.54, 1.807) is 54.8 Å². The fourth-order valence-electron chi connectivity index (χ4n) is 2.00. The topological polar surface area (TPSA) is 71.7 Å². The molecule has 1 fully saturated rings. The summed E-state index contributed by atoms with van der Waals surface area (Å²) in [7, 11) is 0. The van der Waals surface area contributed by atoms with E-state index < -0.39 is 0 Å². The van der Waals surface area contributed by atoms with Gasteiger partial charge in [0.05, 0.1) is 16.9 Å². The van der Waals surface area contributed by atoms with E-state index in [0.717, 1.165) is 5.76 Å². The summed E-state index contributed by atoms with van der Waals surface area (Å²) < 4.78 is 5.18. The number of nitrogens with zero attached hydrogens (tertiary/aromatic N) is 1. The summed E-state index contributed by atoms with van der Waals surface area (Å²) in [5.41, 5.74) is 1.31. The molecule has 0 atom stereocenters. The first-order valence-corrected chi connectivity index (χ1v) is 8.04. The van der Waals surface area contributed by atoms with Crippen LogP contribution in [0, 0.1) is 0 Å². The summed E-state index contributed by atoms with van der Waals surface area (Å²) in [5.74, 6) is 0.532. The number of hydrogen-bond donors (Lipinski definition) is 1. The van der Waals surface area contributed by atoms with Crippen LogP contribution in [0.4, 0.5) is 5.69 Å². The summed E-state index contributed by atoms with van der Waals surface area (Å²) in [6, 6.07) is 10.5. The number of carbonyl (C=O) groups excluding carboxylic acids is 2. The second kappa shape index (κ2) is 7.14. The molecule has 0 saturated carbocycles. The maximum absolute atomic E-state index is 11.9. The Balaban J connectivity index is 1.70. The molecule has 0 unspecified atom stereocenters. The van der Waals surface area contributed by atoms with E-state index in [4.69, 9.17) is 4.42 Å². The molecule has 0 radical (unpaired) electrons. The Hall–Kier alpha value is -2.86. The number of hydrogen-bond acceptors (Lipinski definition) is 5. The van der Waals surface area contributed by atoms with Crippen LogP contribution in [0.2, 0.25) is 0 Å². The van der Waals surface area contributed by atoms with E-state index in [0.29, 0.717) is 21.3 Å². The third-order valence-corrected chi connectivity index (χ3v) is 4.13. The maximum Gasteiger partial charge on any atom is 0.264 e. The minimum absolute atomic E-state index is 0.00584. The predicted octanol–water partition coefficient (Wildman–Crippen LogP) is 3.93. The van der Waals surface area contributed by atoms with E-state index in [1.807, 2.05) is 6.07 Å². The Morgan fingerprint density at radius 2 is 2.04 bits per heavy atom. The Morgan fingerprint density at radius 1 is 1.25 bits per heavy atom. The average molecular weight is 338 g/mol. The number of nitrogens with one attached hydrogen (secondary N) is 1. The lowest BCUT2D eigenvalue weighted by Crippen LogP contribution is -2.19. The summed E-state index contributed by atoms with van der Waals surface area (Å²) in [5, 5.41) is 3.22. The van der Waals surface area contributed by atoms with Crippen LogP contribution in [0.1, 0.15) is 23.0 Å². The van der Waals surface area contributed by atoms with Gasteiger partial charge in [-0.25, -0.2) is 4.99 Å². The van der Waals surface area contributed by atoms with E-state index in [2.05, 4.69) is 10.3 Å². The Morgan fingerprint density at radius 3 is 2.71 bits per heavy atom. The van der Waals surface area contributed by atoms with E-state index in [-0.39, 0.29) is 11.7 Å². The Kier molecular flexibility index (Phi) is 4.77. The smallest absolute Gasteiger partial charge is 0.264 e. The summed E-state index contributed by atoms with van der Waals surface area (Å²) in [6.45, 7) is 1.52. The van der Waals surface area contributed by atoms with Crippen molar-refractivity contribution in [2.45, 2.75) is 6.92 Å². The quantitative estimate of drug-likeness (QED) is 0.677. The van der Waals surface area contributed by atoms with Crippen molar-refractivity contribution < 1.29 is 14.0 Å². The highest BCUT2D eigenvalue weighted by Gasteiger charge is 2.23. The molecule has 0 bridgehead atoms. The van der Waals surface area contributed by atoms with Crippen molar-refractivity contribution in [3.63, 3.8) is 0 Å². The zero-order chi connectivity index (χ0) is 16.9. The summed E-state index contributed by atoms with van der Waals surface area (Å²) in [4.78, 5) is 28.1. The van der Waals surface area contributed by atoms with Crippen molar-refractivity contribution in [1.29, 1.82) is 0 Å². The third-order valence-electron chi connectivity index (χ3n) is 3.21. The van der Waals surface area contributed by atoms with Gasteiger partial charge in [0.15, 0.2) is 11.0 Å². The minimum atomic E-state index is -0.191. The van der Waals surface area contributed by atoms with Gasteiger partial charge in [-0.1, -0.05) is 6.08 Å². The van der Waals surface area contributed by atoms with Crippen LogP contribution in [-0.2, 0) is 4.79 Å². The second-order valence-corrected chi connectivity index (χ2v) is 6.01. The van der Waals surface area contributed by atoms with Gasteiger partial charge in [0.1, 0.15) is 5.76 Å². The Labute approximate surface area is 143 Å². The van der Waals surface area contributed by atoms with Crippen LogP contribution in [0.5, 0.6) is 0 Å². The van der Waals surface area contributed by atoms with Gasteiger partial charge in [0.25, 0.3) is 5.91 Å². The van der Waals surface area contributed by atoms with Gasteiger partial charge in [0.2, 0.25) is 0 Å². The normalized spacial score (nSPS) is 17.8. The van der Waals surface area contributed by atoms with Crippen molar-refractivity contribution in [2.75, 3.05) is 0 Å². The van der Waals surface area contributed by atoms with Crippen LogP contribution < -0.4 is 5.32 Å². The monoisotopic (exact) mass is 338 g/mol. The largest absolute Gasteiger partial charge is 0.465 e. The number of amides is 1. The molecule has 2 heterocycles. The number of aliphatic imine (C=N–C) groups is 1. The highest BCUT2D eigenvalue weighted by molar-refractivity contribution is 8.18. The molecule has 24 heavy (non-hydrogen) atoms. The van der Waals surface area contributed by atoms with Crippen molar-refractivity contribution in [2.24, 2.45) is 4.99 Å². The van der Waals surface area contributed by atoms with Gasteiger partial charge in [-0.2, -0.15) is 0 Å². The molecule has 1 aliphatic heterocycles. The highest BCUT2D eigenvalue weighted by Crippen LogP contribution is 2.26. The molecule has 1 aromatic heterocycles. The number of benzene rings is 1. The standard InChI is InChI=1S/C18H14N2O3S/c1-12(21)13-7-9-14(10-8-13)19-18-20-17(22)16(24-18)6-2-4-15-5-3-11-23-15/h2-11H,1H3,(H,19,20,22)/b4-2+,16-6-. The number of ketones is 1. The SMILES string of the molecule is CC(=O)c1ccc(N=C2NC(=O)/C(=C/C=C/c3ccco3)S2)cc1. The Bertz CT molecular complexity index is 847. The first-order valence-electron chi connectivity index (χ1n) is 7.22. The molecule has 120 valence electrons. The average Bonchev–Trinajstić information content (AvgIpc) is 3.18. The molecule has 2 aromatic rings. The van der Waals surface area contributed by atoms with Crippen LogP contribution in [0.25, 0.3) is 6.08 Å². The van der Waals surface area contributed by atoms with Crippen LogP contribution in [-0.4, -0.2) is 16.9 Å². The fourth-order valence-corrected chi connectivity index (χ4v) is 2.79.